The van der Waals surface area contributed by atoms with E-state index in [1.807, 2.05) is 18.2 Å². The van der Waals surface area contributed by atoms with Gasteiger partial charge in [0.2, 0.25) is 5.91 Å². The molecule has 0 spiro atoms. The summed E-state index contributed by atoms with van der Waals surface area (Å²) < 4.78 is 38.6. The summed E-state index contributed by atoms with van der Waals surface area (Å²) >= 11 is 1.25. The van der Waals surface area contributed by atoms with Crippen LogP contribution in [0.4, 0.5) is 18.9 Å². The number of nitrogens with one attached hydrogen (secondary N) is 1. The molecule has 0 radical (unpaired) electrons. The van der Waals surface area contributed by atoms with Crippen LogP contribution >= 0.6 is 11.8 Å². The zero-order valence-corrected chi connectivity index (χ0v) is 21.0. The SMILES string of the molecule is C[C@H]1CCCN(CCCNC(=O)CN2C(=O)/C(=C/c3ccc(C(F)(F)F)cc3)Sc3ccccc32)C1. The molecule has 2 aromatic carbocycles. The van der Waals surface area contributed by atoms with Crippen LogP contribution < -0.4 is 10.2 Å². The molecule has 4 rings (SSSR count). The van der Waals surface area contributed by atoms with Crippen molar-refractivity contribution in [1.82, 2.24) is 10.2 Å². The molecule has 2 heterocycles. The Hall–Kier alpha value is -2.78. The first-order valence-corrected chi connectivity index (χ1v) is 13.0. The lowest BCUT2D eigenvalue weighted by atomic mass is 10.0. The summed E-state index contributed by atoms with van der Waals surface area (Å²) in [6.45, 7) is 5.81. The molecule has 36 heavy (non-hydrogen) atoms. The molecule has 9 heteroatoms. The van der Waals surface area contributed by atoms with Gasteiger partial charge in [0.05, 0.1) is 16.2 Å². The number of hydrogen-bond acceptors (Lipinski definition) is 4. The number of halogens is 3. The number of amides is 2. The standard InChI is InChI=1S/C27H30F3N3O2S/c1-19-6-4-14-32(17-19)15-5-13-31-25(34)18-33-22-7-2-3-8-23(22)36-24(26(33)35)16-20-9-11-21(12-10-20)27(28,29)30/h2-3,7-12,16,19H,4-6,13-15,17-18H2,1H3,(H,31,34)/b24-16-/t19-/m0/s1. The molecule has 1 saturated heterocycles. The minimum absolute atomic E-state index is 0.124. The van der Waals surface area contributed by atoms with Gasteiger partial charge in [0, 0.05) is 18.0 Å². The van der Waals surface area contributed by atoms with Crippen molar-refractivity contribution in [3.05, 3.63) is 64.6 Å². The van der Waals surface area contributed by atoms with E-state index in [1.54, 1.807) is 12.1 Å². The van der Waals surface area contributed by atoms with Gasteiger partial charge in [-0.25, -0.2) is 0 Å². The summed E-state index contributed by atoms with van der Waals surface area (Å²) in [5, 5.41) is 2.92. The molecule has 2 aromatic rings. The Kier molecular flexibility index (Phi) is 8.41. The third-order valence-electron chi connectivity index (χ3n) is 6.38. The van der Waals surface area contributed by atoms with Crippen LogP contribution in [0, 0.1) is 5.92 Å². The molecule has 1 N–H and O–H groups in total. The highest BCUT2D eigenvalue weighted by molar-refractivity contribution is 8.04. The highest BCUT2D eigenvalue weighted by Crippen LogP contribution is 2.42. The lowest BCUT2D eigenvalue weighted by Crippen LogP contribution is -2.43. The van der Waals surface area contributed by atoms with Crippen molar-refractivity contribution < 1.29 is 22.8 Å². The maximum atomic E-state index is 13.3. The maximum absolute atomic E-state index is 13.3. The molecule has 2 aliphatic heterocycles. The van der Waals surface area contributed by atoms with Gasteiger partial charge < -0.3 is 10.2 Å². The Bertz CT molecular complexity index is 1120. The molecule has 0 unspecified atom stereocenters. The van der Waals surface area contributed by atoms with Gasteiger partial charge in [-0.1, -0.05) is 43.0 Å². The predicted octanol–water partition coefficient (Wildman–Crippen LogP) is 5.42. The van der Waals surface area contributed by atoms with Crippen molar-refractivity contribution in [3.63, 3.8) is 0 Å². The molecule has 1 fully saturated rings. The Morgan fingerprint density at radius 3 is 2.64 bits per heavy atom. The van der Waals surface area contributed by atoms with E-state index in [-0.39, 0.29) is 18.4 Å². The number of carbonyl (C=O) groups is 2. The zero-order chi connectivity index (χ0) is 25.7. The second-order valence-electron chi connectivity index (χ2n) is 9.34. The Morgan fingerprint density at radius 2 is 1.92 bits per heavy atom. The molecule has 0 saturated carbocycles. The number of nitrogens with zero attached hydrogens (tertiary/aromatic N) is 2. The van der Waals surface area contributed by atoms with E-state index in [4.69, 9.17) is 0 Å². The summed E-state index contributed by atoms with van der Waals surface area (Å²) in [6.07, 6.45) is 0.471. The van der Waals surface area contributed by atoms with Crippen LogP contribution in [0.3, 0.4) is 0 Å². The van der Waals surface area contributed by atoms with Crippen LogP contribution in [0.15, 0.2) is 58.3 Å². The fourth-order valence-corrected chi connectivity index (χ4v) is 5.62. The van der Waals surface area contributed by atoms with Crippen LogP contribution in [0.5, 0.6) is 0 Å². The third kappa shape index (κ3) is 6.70. The number of benzene rings is 2. The van der Waals surface area contributed by atoms with Crippen LogP contribution in [-0.2, 0) is 15.8 Å². The molecule has 0 aliphatic carbocycles. The molecule has 192 valence electrons. The van der Waals surface area contributed by atoms with Crippen molar-refractivity contribution in [1.29, 1.82) is 0 Å². The fourth-order valence-electron chi connectivity index (χ4n) is 4.56. The Morgan fingerprint density at radius 1 is 1.17 bits per heavy atom. The maximum Gasteiger partial charge on any atom is 0.416 e. The monoisotopic (exact) mass is 517 g/mol. The number of piperidine rings is 1. The number of fused-ring (bicyclic) bond motifs is 1. The number of likely N-dealkylation sites (tertiary alicyclic amines) is 1. The zero-order valence-electron chi connectivity index (χ0n) is 20.2. The number of para-hydroxylation sites is 1. The average molecular weight is 518 g/mol. The molecule has 0 bridgehead atoms. The minimum atomic E-state index is -4.42. The number of hydrogen-bond donors (Lipinski definition) is 1. The topological polar surface area (TPSA) is 52.7 Å². The largest absolute Gasteiger partial charge is 0.416 e. The van der Waals surface area contributed by atoms with Crippen molar-refractivity contribution in [2.24, 2.45) is 5.92 Å². The van der Waals surface area contributed by atoms with E-state index in [9.17, 15) is 22.8 Å². The average Bonchev–Trinajstić information content (AvgIpc) is 2.84. The van der Waals surface area contributed by atoms with Gasteiger partial charge in [0.1, 0.15) is 6.54 Å². The van der Waals surface area contributed by atoms with Crippen molar-refractivity contribution in [2.75, 3.05) is 37.6 Å². The van der Waals surface area contributed by atoms with Crippen LogP contribution in [0.1, 0.15) is 37.3 Å². The molecule has 5 nitrogen and oxygen atoms in total. The van der Waals surface area contributed by atoms with Crippen LogP contribution in [0.2, 0.25) is 0 Å². The van der Waals surface area contributed by atoms with Gasteiger partial charge in [-0.15, -0.1) is 0 Å². The van der Waals surface area contributed by atoms with Gasteiger partial charge >= 0.3 is 6.18 Å². The predicted molar refractivity (Wildman–Crippen MR) is 137 cm³/mol. The van der Waals surface area contributed by atoms with E-state index in [2.05, 4.69) is 17.1 Å². The van der Waals surface area contributed by atoms with Crippen molar-refractivity contribution in [3.8, 4) is 0 Å². The molecule has 2 aliphatic rings. The molecule has 1 atom stereocenters. The molecular formula is C27H30F3N3O2S. The Balaban J connectivity index is 1.40. The first-order valence-electron chi connectivity index (χ1n) is 12.2. The summed E-state index contributed by atoms with van der Waals surface area (Å²) in [5.74, 6) is 0.114. The normalized spacial score (nSPS) is 19.9. The summed E-state index contributed by atoms with van der Waals surface area (Å²) in [6, 6.07) is 12.0. The first-order chi connectivity index (χ1) is 17.2. The number of carbonyl (C=O) groups excluding carboxylic acids is 2. The number of thioether (sulfide) groups is 1. The quantitative estimate of drug-likeness (QED) is 0.394. The van der Waals surface area contributed by atoms with E-state index in [0.29, 0.717) is 28.6 Å². The van der Waals surface area contributed by atoms with Gasteiger partial charge in [-0.2, -0.15) is 13.2 Å². The lowest BCUT2D eigenvalue weighted by Gasteiger charge is -2.31. The van der Waals surface area contributed by atoms with Gasteiger partial charge in [0.25, 0.3) is 5.91 Å². The molecule has 0 aromatic heterocycles. The van der Waals surface area contributed by atoms with E-state index >= 15 is 0 Å². The van der Waals surface area contributed by atoms with Crippen LogP contribution in [-0.4, -0.2) is 49.4 Å². The number of rotatable bonds is 7. The fraction of sp³-hybridized carbons (Fsp3) is 0.407. The second kappa shape index (κ2) is 11.5. The van der Waals surface area contributed by atoms with E-state index in [1.165, 1.54) is 41.6 Å². The highest BCUT2D eigenvalue weighted by atomic mass is 32.2. The first kappa shape index (κ1) is 26.3. The van der Waals surface area contributed by atoms with E-state index in [0.717, 1.165) is 43.1 Å². The number of anilines is 1. The summed E-state index contributed by atoms with van der Waals surface area (Å²) in [7, 11) is 0. The Labute approximate surface area is 213 Å². The van der Waals surface area contributed by atoms with Crippen LogP contribution in [0.25, 0.3) is 6.08 Å². The summed E-state index contributed by atoms with van der Waals surface area (Å²) in [5.41, 5.74) is 0.384. The van der Waals surface area contributed by atoms with Gasteiger partial charge in [0.15, 0.2) is 0 Å². The third-order valence-corrected chi connectivity index (χ3v) is 7.46. The molecule has 2 amide bonds. The molecular weight excluding hydrogens is 487 g/mol. The summed E-state index contributed by atoms with van der Waals surface area (Å²) in [4.78, 5) is 31.0. The minimum Gasteiger partial charge on any atom is -0.355 e. The van der Waals surface area contributed by atoms with Gasteiger partial charge in [-0.05, 0) is 74.2 Å². The second-order valence-corrected chi connectivity index (χ2v) is 10.4. The highest BCUT2D eigenvalue weighted by Gasteiger charge is 2.31. The smallest absolute Gasteiger partial charge is 0.355 e. The van der Waals surface area contributed by atoms with Crippen molar-refractivity contribution >= 4 is 35.3 Å². The van der Waals surface area contributed by atoms with Gasteiger partial charge in [-0.3, -0.25) is 14.5 Å². The number of alkyl halides is 3. The lowest BCUT2D eigenvalue weighted by molar-refractivity contribution is -0.137. The van der Waals surface area contributed by atoms with E-state index < -0.39 is 11.7 Å². The van der Waals surface area contributed by atoms with Crippen molar-refractivity contribution in [2.45, 2.75) is 37.3 Å².